The largest absolute Gasteiger partial charge is 0.354 e. The maximum Gasteiger partial charge on any atom is 0.257 e. The third-order valence-electron chi connectivity index (χ3n) is 5.44. The van der Waals surface area contributed by atoms with Gasteiger partial charge in [-0.15, -0.1) is 0 Å². The first-order valence-electron chi connectivity index (χ1n) is 10.1. The average molecular weight is 392 g/mol. The van der Waals surface area contributed by atoms with E-state index in [0.29, 0.717) is 16.9 Å². The van der Waals surface area contributed by atoms with Crippen LogP contribution in [-0.2, 0) is 0 Å². The molecule has 4 rings (SSSR count). The van der Waals surface area contributed by atoms with E-state index >= 15 is 0 Å². The number of nitrogens with zero attached hydrogens (tertiary/aromatic N) is 3. The van der Waals surface area contributed by atoms with Gasteiger partial charge < -0.3 is 10.2 Å². The summed E-state index contributed by atoms with van der Waals surface area (Å²) in [5, 5.41) is 4.15. The summed E-state index contributed by atoms with van der Waals surface area (Å²) in [4.78, 5) is 24.3. The molecule has 6 heteroatoms. The molecule has 3 aromatic rings. The molecule has 1 aliphatic heterocycles. The number of halogens is 1. The maximum atomic E-state index is 13.6. The van der Waals surface area contributed by atoms with Crippen molar-refractivity contribution >= 4 is 28.3 Å². The minimum absolute atomic E-state index is 0.0239. The molecule has 0 bridgehead atoms. The van der Waals surface area contributed by atoms with Crippen LogP contribution in [0.2, 0.25) is 0 Å². The number of fused-ring (bicyclic) bond motifs is 1. The second-order valence-electron chi connectivity index (χ2n) is 7.66. The van der Waals surface area contributed by atoms with E-state index in [4.69, 9.17) is 0 Å². The van der Waals surface area contributed by atoms with Crippen LogP contribution in [0.5, 0.6) is 0 Å². The summed E-state index contributed by atoms with van der Waals surface area (Å²) in [7, 11) is 0. The number of carbonyl (C=O) groups excluding carboxylic acids is 1. The van der Waals surface area contributed by atoms with E-state index in [0.717, 1.165) is 61.1 Å². The molecule has 0 saturated carbocycles. The highest BCUT2D eigenvalue weighted by Gasteiger charge is 2.23. The van der Waals surface area contributed by atoms with Crippen LogP contribution in [0.15, 0.2) is 36.5 Å². The molecule has 0 atom stereocenters. The van der Waals surface area contributed by atoms with Gasteiger partial charge in [-0.2, -0.15) is 0 Å². The molecule has 1 saturated heterocycles. The highest BCUT2D eigenvalue weighted by Crippen LogP contribution is 2.31. The summed E-state index contributed by atoms with van der Waals surface area (Å²) < 4.78 is 13.6. The SMILES string of the molecule is Cc1ccc2c(Nc3ccc(F)cc3C)c(C(=O)N3CCCCCC3)cnc2n1. The third-order valence-corrected chi connectivity index (χ3v) is 5.44. The number of anilines is 2. The summed E-state index contributed by atoms with van der Waals surface area (Å²) in [6.07, 6.45) is 5.97. The topological polar surface area (TPSA) is 58.1 Å². The number of likely N-dealkylation sites (tertiary alicyclic amines) is 1. The van der Waals surface area contributed by atoms with Crippen LogP contribution < -0.4 is 5.32 Å². The second kappa shape index (κ2) is 8.15. The second-order valence-corrected chi connectivity index (χ2v) is 7.66. The smallest absolute Gasteiger partial charge is 0.257 e. The monoisotopic (exact) mass is 392 g/mol. The number of benzene rings is 1. The van der Waals surface area contributed by atoms with Gasteiger partial charge in [-0.25, -0.2) is 14.4 Å². The van der Waals surface area contributed by atoms with Gasteiger partial charge in [-0.05, 0) is 62.6 Å². The summed E-state index contributed by atoms with van der Waals surface area (Å²) >= 11 is 0. The number of hydrogen-bond acceptors (Lipinski definition) is 4. The lowest BCUT2D eigenvalue weighted by atomic mass is 10.1. The first-order chi connectivity index (χ1) is 14.0. The zero-order valence-electron chi connectivity index (χ0n) is 16.8. The number of aromatic nitrogens is 2. The van der Waals surface area contributed by atoms with Gasteiger partial charge in [-0.3, -0.25) is 4.79 Å². The molecule has 1 N–H and O–H groups in total. The maximum absolute atomic E-state index is 13.6. The van der Waals surface area contributed by atoms with E-state index in [2.05, 4.69) is 15.3 Å². The number of carbonyl (C=O) groups is 1. The Labute approximate surface area is 170 Å². The number of aryl methyl sites for hydroxylation is 2. The van der Waals surface area contributed by atoms with E-state index in [1.165, 1.54) is 12.1 Å². The van der Waals surface area contributed by atoms with Crippen molar-refractivity contribution in [1.82, 2.24) is 14.9 Å². The van der Waals surface area contributed by atoms with Gasteiger partial charge in [0.05, 0.1) is 11.3 Å². The average Bonchev–Trinajstić information content (AvgIpc) is 2.99. The van der Waals surface area contributed by atoms with Gasteiger partial charge in [0.25, 0.3) is 5.91 Å². The Morgan fingerprint density at radius 1 is 1.07 bits per heavy atom. The quantitative estimate of drug-likeness (QED) is 0.670. The van der Waals surface area contributed by atoms with Crippen molar-refractivity contribution in [2.45, 2.75) is 39.5 Å². The summed E-state index contributed by atoms with van der Waals surface area (Å²) in [5.74, 6) is -0.310. The molecule has 29 heavy (non-hydrogen) atoms. The molecule has 3 heterocycles. The predicted octanol–water partition coefficient (Wildman–Crippen LogP) is 5.15. The van der Waals surface area contributed by atoms with Gasteiger partial charge in [-0.1, -0.05) is 12.8 Å². The van der Waals surface area contributed by atoms with Crippen molar-refractivity contribution in [2.75, 3.05) is 18.4 Å². The van der Waals surface area contributed by atoms with Gasteiger partial charge in [0.15, 0.2) is 5.65 Å². The molecular weight excluding hydrogens is 367 g/mol. The Hall–Kier alpha value is -3.02. The van der Waals surface area contributed by atoms with Crippen LogP contribution in [0, 0.1) is 19.7 Å². The minimum atomic E-state index is -0.286. The third kappa shape index (κ3) is 4.06. The number of pyridine rings is 2. The van der Waals surface area contributed by atoms with Crippen LogP contribution in [0.1, 0.15) is 47.3 Å². The van der Waals surface area contributed by atoms with Gasteiger partial charge in [0.1, 0.15) is 5.82 Å². The molecule has 2 aromatic heterocycles. The number of hydrogen-bond donors (Lipinski definition) is 1. The fourth-order valence-electron chi connectivity index (χ4n) is 3.81. The molecule has 1 aliphatic rings. The van der Waals surface area contributed by atoms with E-state index in [1.807, 2.05) is 30.9 Å². The Morgan fingerprint density at radius 2 is 1.83 bits per heavy atom. The molecule has 150 valence electrons. The fraction of sp³-hybridized carbons (Fsp3) is 0.348. The Kier molecular flexibility index (Phi) is 5.43. The molecule has 1 amide bonds. The van der Waals surface area contributed by atoms with Crippen molar-refractivity contribution in [3.63, 3.8) is 0 Å². The Morgan fingerprint density at radius 3 is 2.55 bits per heavy atom. The zero-order chi connectivity index (χ0) is 20.4. The summed E-state index contributed by atoms with van der Waals surface area (Å²) in [5.41, 5.74) is 4.16. The first-order valence-corrected chi connectivity index (χ1v) is 10.1. The Balaban J connectivity index is 1.81. The highest BCUT2D eigenvalue weighted by molar-refractivity contribution is 6.07. The van der Waals surface area contributed by atoms with E-state index in [1.54, 1.807) is 12.3 Å². The molecule has 1 aromatic carbocycles. The molecule has 5 nitrogen and oxygen atoms in total. The van der Waals surface area contributed by atoms with Gasteiger partial charge in [0, 0.05) is 36.1 Å². The highest BCUT2D eigenvalue weighted by atomic mass is 19.1. The lowest BCUT2D eigenvalue weighted by Crippen LogP contribution is -2.32. The minimum Gasteiger partial charge on any atom is -0.354 e. The number of rotatable bonds is 3. The number of nitrogens with one attached hydrogen (secondary N) is 1. The van der Waals surface area contributed by atoms with Crippen molar-refractivity contribution < 1.29 is 9.18 Å². The van der Waals surface area contributed by atoms with Crippen LogP contribution >= 0.6 is 0 Å². The lowest BCUT2D eigenvalue weighted by molar-refractivity contribution is 0.0762. The summed E-state index contributed by atoms with van der Waals surface area (Å²) in [6, 6.07) is 8.43. The zero-order valence-corrected chi connectivity index (χ0v) is 16.8. The van der Waals surface area contributed by atoms with E-state index in [-0.39, 0.29) is 11.7 Å². The van der Waals surface area contributed by atoms with Crippen LogP contribution in [0.25, 0.3) is 11.0 Å². The first kappa shape index (κ1) is 19.3. The standard InChI is InChI=1S/C23H25FN4O/c1-15-13-17(24)8-10-20(15)27-21-18-9-7-16(2)26-22(18)25-14-19(21)23(29)28-11-5-3-4-6-12-28/h7-10,13-14H,3-6,11-12H2,1-2H3,(H,25,26,27). The van der Waals surface area contributed by atoms with Crippen molar-refractivity contribution in [1.29, 1.82) is 0 Å². The lowest BCUT2D eigenvalue weighted by Gasteiger charge is -2.23. The predicted molar refractivity (Wildman–Crippen MR) is 113 cm³/mol. The molecule has 0 spiro atoms. The van der Waals surface area contributed by atoms with E-state index < -0.39 is 0 Å². The van der Waals surface area contributed by atoms with Gasteiger partial charge in [0.2, 0.25) is 0 Å². The van der Waals surface area contributed by atoms with E-state index in [9.17, 15) is 9.18 Å². The molecular formula is C23H25FN4O. The normalized spacial score (nSPS) is 14.7. The molecule has 0 aliphatic carbocycles. The molecule has 1 fully saturated rings. The summed E-state index contributed by atoms with van der Waals surface area (Å²) in [6.45, 7) is 5.28. The molecule has 0 radical (unpaired) electrons. The van der Waals surface area contributed by atoms with Crippen LogP contribution in [0.3, 0.4) is 0 Å². The molecule has 0 unspecified atom stereocenters. The number of amides is 1. The van der Waals surface area contributed by atoms with Crippen molar-refractivity contribution in [3.05, 3.63) is 59.2 Å². The van der Waals surface area contributed by atoms with Gasteiger partial charge >= 0.3 is 0 Å². The van der Waals surface area contributed by atoms with Crippen molar-refractivity contribution in [3.8, 4) is 0 Å². The fourth-order valence-corrected chi connectivity index (χ4v) is 3.81. The van der Waals surface area contributed by atoms with Crippen LogP contribution in [-0.4, -0.2) is 33.9 Å². The van der Waals surface area contributed by atoms with Crippen LogP contribution in [0.4, 0.5) is 15.8 Å². The van der Waals surface area contributed by atoms with Crippen molar-refractivity contribution in [2.24, 2.45) is 0 Å². The Bertz CT molecular complexity index is 1060.